The van der Waals surface area contributed by atoms with Crippen LogP contribution in [0.3, 0.4) is 0 Å². The van der Waals surface area contributed by atoms with Gasteiger partial charge in [0.2, 0.25) is 5.82 Å². The molecule has 0 atom stereocenters. The molecule has 0 saturated heterocycles. The second kappa shape index (κ2) is 11.6. The molecule has 4 rings (SSSR count). The molecule has 0 amide bonds. The smallest absolute Gasteiger partial charge is 0.200 e. The summed E-state index contributed by atoms with van der Waals surface area (Å²) in [6.45, 7) is 5.77. The van der Waals surface area contributed by atoms with Gasteiger partial charge in [-0.2, -0.15) is 4.39 Å². The summed E-state index contributed by atoms with van der Waals surface area (Å²) in [6.07, 6.45) is 8.60. The van der Waals surface area contributed by atoms with Gasteiger partial charge in [0, 0.05) is 11.1 Å². The Morgan fingerprint density at radius 1 is 0.833 bits per heavy atom. The molecule has 0 aromatic heterocycles. The summed E-state index contributed by atoms with van der Waals surface area (Å²) in [6, 6.07) is 13.6. The highest BCUT2D eigenvalue weighted by Gasteiger charge is 2.26. The predicted octanol–water partition coefficient (Wildman–Crippen LogP) is 9.16. The number of allylic oxidation sites excluding steroid dienone is 1. The SMILES string of the molecule is C=CCCOc1ccc(C2CCC(/C=C/c3ccc(-c4ccc(C)cc4)c(F)c3F)CC2)c(F)c1F. The van der Waals surface area contributed by atoms with Gasteiger partial charge in [0.1, 0.15) is 0 Å². The number of halogens is 4. The number of benzene rings is 3. The van der Waals surface area contributed by atoms with E-state index in [1.165, 1.54) is 6.07 Å². The summed E-state index contributed by atoms with van der Waals surface area (Å²) in [5.74, 6) is -3.55. The van der Waals surface area contributed by atoms with Crippen LogP contribution in [-0.2, 0) is 0 Å². The first-order chi connectivity index (χ1) is 17.4. The van der Waals surface area contributed by atoms with E-state index >= 15 is 0 Å². The van der Waals surface area contributed by atoms with Crippen LogP contribution in [0.15, 0.2) is 67.3 Å². The third-order valence-corrected chi connectivity index (χ3v) is 6.89. The summed E-state index contributed by atoms with van der Waals surface area (Å²) in [4.78, 5) is 0. The van der Waals surface area contributed by atoms with Gasteiger partial charge in [0.25, 0.3) is 0 Å². The summed E-state index contributed by atoms with van der Waals surface area (Å²) >= 11 is 0. The van der Waals surface area contributed by atoms with Crippen molar-refractivity contribution in [3.8, 4) is 16.9 Å². The first-order valence-corrected chi connectivity index (χ1v) is 12.3. The van der Waals surface area contributed by atoms with Crippen molar-refractivity contribution in [2.24, 2.45) is 5.92 Å². The Bertz CT molecular complexity index is 1240. The lowest BCUT2D eigenvalue weighted by molar-refractivity contribution is 0.298. The van der Waals surface area contributed by atoms with Crippen molar-refractivity contribution >= 4 is 6.08 Å². The summed E-state index contributed by atoms with van der Waals surface area (Å²) < 4.78 is 64.0. The largest absolute Gasteiger partial charge is 0.490 e. The fraction of sp³-hybridized carbons (Fsp3) is 0.290. The molecule has 1 saturated carbocycles. The van der Waals surface area contributed by atoms with Crippen molar-refractivity contribution in [3.05, 3.63) is 107 Å². The maximum Gasteiger partial charge on any atom is 0.200 e. The van der Waals surface area contributed by atoms with Gasteiger partial charge >= 0.3 is 0 Å². The molecule has 0 radical (unpaired) electrons. The Morgan fingerprint density at radius 2 is 1.56 bits per heavy atom. The Labute approximate surface area is 210 Å². The molecule has 3 aromatic carbocycles. The second-order valence-electron chi connectivity index (χ2n) is 9.37. The molecule has 3 aromatic rings. The topological polar surface area (TPSA) is 9.23 Å². The molecule has 1 fully saturated rings. The fourth-order valence-corrected chi connectivity index (χ4v) is 4.74. The van der Waals surface area contributed by atoms with Gasteiger partial charge in [-0.1, -0.05) is 66.3 Å². The number of rotatable bonds is 8. The third kappa shape index (κ3) is 5.72. The zero-order valence-corrected chi connectivity index (χ0v) is 20.4. The standard InChI is InChI=1S/C31H30F4O/c1-3-4-19-36-27-18-17-26(30(34)31(27)35)23-12-7-21(8-13-23)9-14-24-15-16-25(29(33)28(24)32)22-10-5-20(2)6-11-22/h3,5-6,9-11,14-18,21,23H,1,4,7-8,12-13,19H2,2H3/b14-9+. The zero-order chi connectivity index (χ0) is 25.7. The van der Waals surface area contributed by atoms with Crippen LogP contribution in [-0.4, -0.2) is 6.61 Å². The van der Waals surface area contributed by atoms with Gasteiger partial charge in [-0.05, 0) is 68.1 Å². The molecule has 188 valence electrons. The van der Waals surface area contributed by atoms with E-state index in [9.17, 15) is 17.6 Å². The van der Waals surface area contributed by atoms with Crippen molar-refractivity contribution in [2.45, 2.75) is 44.9 Å². The van der Waals surface area contributed by atoms with Crippen LogP contribution in [0.4, 0.5) is 17.6 Å². The number of hydrogen-bond acceptors (Lipinski definition) is 1. The van der Waals surface area contributed by atoms with Gasteiger partial charge in [-0.3, -0.25) is 0 Å². The predicted molar refractivity (Wildman–Crippen MR) is 137 cm³/mol. The second-order valence-corrected chi connectivity index (χ2v) is 9.37. The van der Waals surface area contributed by atoms with E-state index in [-0.39, 0.29) is 35.3 Å². The minimum atomic E-state index is -0.954. The van der Waals surface area contributed by atoms with Gasteiger partial charge in [0.15, 0.2) is 23.2 Å². The average Bonchev–Trinajstić information content (AvgIpc) is 2.89. The fourth-order valence-electron chi connectivity index (χ4n) is 4.74. The number of ether oxygens (including phenoxy) is 1. The Balaban J connectivity index is 1.39. The van der Waals surface area contributed by atoms with Crippen LogP contribution in [0.5, 0.6) is 5.75 Å². The van der Waals surface area contributed by atoms with E-state index < -0.39 is 23.3 Å². The quantitative estimate of drug-likeness (QED) is 0.172. The Hall–Kier alpha value is -3.34. The molecule has 0 heterocycles. The normalized spacial score (nSPS) is 17.9. The van der Waals surface area contributed by atoms with E-state index in [0.29, 0.717) is 30.4 Å². The lowest BCUT2D eigenvalue weighted by atomic mass is 9.78. The molecule has 1 nitrogen and oxygen atoms in total. The molecular weight excluding hydrogens is 464 g/mol. The molecule has 1 aliphatic carbocycles. The first kappa shape index (κ1) is 25.7. The van der Waals surface area contributed by atoms with Gasteiger partial charge in [-0.25, -0.2) is 13.2 Å². The summed E-state index contributed by atoms with van der Waals surface area (Å²) in [7, 11) is 0. The van der Waals surface area contributed by atoms with Gasteiger partial charge in [0.05, 0.1) is 6.61 Å². The lowest BCUT2D eigenvalue weighted by Crippen LogP contribution is -2.14. The monoisotopic (exact) mass is 494 g/mol. The maximum absolute atomic E-state index is 14.8. The minimum Gasteiger partial charge on any atom is -0.490 e. The Kier molecular flexibility index (Phi) is 8.29. The molecule has 5 heteroatoms. The minimum absolute atomic E-state index is 0.0858. The van der Waals surface area contributed by atoms with Crippen molar-refractivity contribution in [1.82, 2.24) is 0 Å². The average molecular weight is 495 g/mol. The molecule has 0 unspecified atom stereocenters. The van der Waals surface area contributed by atoms with E-state index in [4.69, 9.17) is 4.74 Å². The summed E-state index contributed by atoms with van der Waals surface area (Å²) in [5, 5.41) is 0. The van der Waals surface area contributed by atoms with E-state index in [0.717, 1.165) is 18.4 Å². The van der Waals surface area contributed by atoms with Crippen LogP contribution in [0.25, 0.3) is 17.2 Å². The van der Waals surface area contributed by atoms with Crippen molar-refractivity contribution in [3.63, 3.8) is 0 Å². The number of hydrogen-bond donors (Lipinski definition) is 0. The Morgan fingerprint density at radius 3 is 2.25 bits per heavy atom. The van der Waals surface area contributed by atoms with Crippen LogP contribution in [0.1, 0.15) is 54.7 Å². The van der Waals surface area contributed by atoms with Crippen molar-refractivity contribution in [2.75, 3.05) is 6.61 Å². The first-order valence-electron chi connectivity index (χ1n) is 12.3. The summed E-state index contributed by atoms with van der Waals surface area (Å²) in [5.41, 5.74) is 2.48. The highest BCUT2D eigenvalue weighted by molar-refractivity contribution is 5.67. The molecule has 0 aliphatic heterocycles. The molecule has 0 bridgehead atoms. The van der Waals surface area contributed by atoms with Crippen LogP contribution in [0.2, 0.25) is 0 Å². The van der Waals surface area contributed by atoms with Crippen molar-refractivity contribution < 1.29 is 22.3 Å². The van der Waals surface area contributed by atoms with E-state index in [1.807, 2.05) is 25.1 Å². The highest BCUT2D eigenvalue weighted by Crippen LogP contribution is 2.39. The third-order valence-electron chi connectivity index (χ3n) is 6.89. The van der Waals surface area contributed by atoms with Gasteiger partial charge < -0.3 is 4.74 Å². The van der Waals surface area contributed by atoms with Crippen LogP contribution in [0, 0.1) is 36.1 Å². The highest BCUT2D eigenvalue weighted by atomic mass is 19.2. The molecule has 1 aliphatic rings. The van der Waals surface area contributed by atoms with Crippen LogP contribution >= 0.6 is 0 Å². The molecular formula is C31H30F4O. The number of aryl methyl sites for hydroxylation is 1. The molecule has 0 N–H and O–H groups in total. The zero-order valence-electron chi connectivity index (χ0n) is 20.4. The van der Waals surface area contributed by atoms with E-state index in [1.54, 1.807) is 42.5 Å². The molecule has 36 heavy (non-hydrogen) atoms. The lowest BCUT2D eigenvalue weighted by Gasteiger charge is -2.27. The van der Waals surface area contributed by atoms with Crippen LogP contribution < -0.4 is 4.74 Å². The molecule has 0 spiro atoms. The van der Waals surface area contributed by atoms with E-state index in [2.05, 4.69) is 6.58 Å². The van der Waals surface area contributed by atoms with Crippen molar-refractivity contribution in [1.29, 1.82) is 0 Å². The maximum atomic E-state index is 14.8. The van der Waals surface area contributed by atoms with Gasteiger partial charge in [-0.15, -0.1) is 6.58 Å².